The number of amides is 1. The number of rotatable bonds is 23. The van der Waals surface area contributed by atoms with Gasteiger partial charge >= 0.3 is 47.2 Å². The van der Waals surface area contributed by atoms with E-state index in [0.717, 1.165) is 61.6 Å². The number of ketones is 3. The number of carbonyl (C=O) groups excluding carboxylic acids is 6. The number of carbonyl (C=O) groups is 6. The van der Waals surface area contributed by atoms with Crippen LogP contribution in [0.5, 0.6) is 0 Å². The average molecular weight is 1370 g/mol. The molecule has 6 fully saturated rings. The van der Waals surface area contributed by atoms with Crippen molar-refractivity contribution in [3.8, 4) is 0 Å². The molecule has 3 aromatic rings. The Morgan fingerprint density at radius 3 is 1.25 bits per heavy atom. The Morgan fingerprint density at radius 1 is 0.545 bits per heavy atom. The van der Waals surface area contributed by atoms with Crippen LogP contribution in [0.3, 0.4) is 0 Å². The molecule has 4 N–H and O–H groups in total. The Labute approximate surface area is 565 Å². The van der Waals surface area contributed by atoms with Crippen molar-refractivity contribution in [2.75, 3.05) is 66.5 Å². The molecule has 6 aliphatic rings. The maximum absolute atomic E-state index is 13.0. The summed E-state index contributed by atoms with van der Waals surface area (Å²) in [6.45, 7) is 11.4. The van der Waals surface area contributed by atoms with Crippen molar-refractivity contribution in [2.24, 2.45) is 0 Å². The van der Waals surface area contributed by atoms with Gasteiger partial charge in [0.25, 0.3) is 0 Å². The van der Waals surface area contributed by atoms with Gasteiger partial charge in [0, 0.05) is 47.9 Å². The molecule has 0 aliphatic carbocycles. The van der Waals surface area contributed by atoms with Crippen molar-refractivity contribution >= 4 is 46.6 Å². The van der Waals surface area contributed by atoms with E-state index in [-0.39, 0.29) is 154 Å². The Kier molecular flexibility index (Phi) is 37.3. The molecule has 6 heterocycles. The van der Waals surface area contributed by atoms with Crippen molar-refractivity contribution in [3.63, 3.8) is 0 Å². The number of fused-ring (bicyclic) bond motifs is 6. The Hall–Kier alpha value is -3.62. The number of halogens is 2. The molecule has 6 saturated heterocycles. The standard InChI is InChI=1S/C23H31NO7.C18H25NO3.C17H23NO3.C5H12O.C3H5ClO2.HI.Na/c1-3-28-22(26)24-17-10-11-18(24)13-19(12-17)30-15-21(25)20(14-31-23(27)29-4-2)16-8-6-5-7-9-16;1-19-14-7-8-15(19)10-16(9-14)22-12-18(21)17(11-20)13-5-3-2-4-6-13;19-10-16(12-4-2-1-3-5-12)17(20)11-21-15-8-13-6-7-14(9-15)18-13;1-4-5(2,3)6;1-2-6-3(4)5;;/h5-9,17-20H,3-4,10-15H2,1-2H3;2-6,14-17,20H,7-12H2,1H3;1-5,13-16,18-19H,6-11H2;6H,4H2,1-3H3;2H2,1H3;1H;/q;;;;;;+1/p-1/t17?,18?,19?,20-;14?,15?,16?,17-;13?,14?,15?,16-;;;;/m111..../s1. The minimum Gasteiger partial charge on any atom is -1.00 e. The second-order valence-electron chi connectivity index (χ2n) is 23.4. The summed E-state index contributed by atoms with van der Waals surface area (Å²) in [7, 11) is 2.20. The zero-order valence-electron chi connectivity index (χ0n) is 52.9. The summed E-state index contributed by atoms with van der Waals surface area (Å²) >= 11 is 4.72. The van der Waals surface area contributed by atoms with Gasteiger partial charge in [-0.15, -0.1) is 0 Å². The Morgan fingerprint density at radius 2 is 0.898 bits per heavy atom. The molecule has 1 amide bonds. The van der Waals surface area contributed by atoms with Crippen LogP contribution in [0.4, 0.5) is 14.4 Å². The van der Waals surface area contributed by atoms with Gasteiger partial charge in [0.2, 0.25) is 0 Å². The average Bonchev–Trinajstić information content (AvgIpc) is 2.87. The molecule has 88 heavy (non-hydrogen) atoms. The molecular formula is C66H96ClIN3NaO16. The second kappa shape index (κ2) is 41.8. The molecule has 6 aliphatic heterocycles. The van der Waals surface area contributed by atoms with E-state index < -0.39 is 34.9 Å². The minimum absolute atomic E-state index is 0. The van der Waals surface area contributed by atoms with Gasteiger partial charge in [-0.1, -0.05) is 97.9 Å². The first kappa shape index (κ1) is 78.6. The van der Waals surface area contributed by atoms with E-state index >= 15 is 0 Å². The molecule has 0 aromatic heterocycles. The molecule has 6 unspecified atom stereocenters. The van der Waals surface area contributed by atoms with Gasteiger partial charge in [-0.05, 0) is 142 Å². The van der Waals surface area contributed by atoms with Gasteiger partial charge in [-0.2, -0.15) is 0 Å². The smallest absolute Gasteiger partial charge is 1.00 e. The molecule has 3 aromatic carbocycles. The van der Waals surface area contributed by atoms with Gasteiger partial charge in [0.15, 0.2) is 17.3 Å². The van der Waals surface area contributed by atoms with Gasteiger partial charge in [0.05, 0.1) is 74.7 Å². The number of nitrogens with zero attached hydrogens (tertiary/aromatic N) is 2. The Balaban J connectivity index is 0.000000317. The van der Waals surface area contributed by atoms with Crippen LogP contribution in [0, 0.1) is 0 Å². The zero-order chi connectivity index (χ0) is 62.6. The van der Waals surface area contributed by atoms with Crippen LogP contribution in [-0.4, -0.2) is 187 Å². The number of Topliss-reactive ketones (excluding diaryl/α,β-unsaturated/α-hetero) is 3. The van der Waals surface area contributed by atoms with E-state index in [4.69, 9.17) is 45.1 Å². The second-order valence-corrected chi connectivity index (χ2v) is 23.7. The van der Waals surface area contributed by atoms with Gasteiger partial charge in [-0.25, -0.2) is 14.4 Å². The predicted octanol–water partition coefficient (Wildman–Crippen LogP) is 3.84. The number of aliphatic hydroxyl groups excluding tert-OH is 2. The zero-order valence-corrected chi connectivity index (χ0v) is 57.9. The molecular weight excluding hydrogens is 1280 g/mol. The van der Waals surface area contributed by atoms with Crippen LogP contribution in [0.1, 0.15) is 159 Å². The predicted molar refractivity (Wildman–Crippen MR) is 326 cm³/mol. The topological polar surface area (TPSA) is 246 Å². The fourth-order valence-corrected chi connectivity index (χ4v) is 12.1. The summed E-state index contributed by atoms with van der Waals surface area (Å²) in [4.78, 5) is 75.3. The molecule has 6 bridgehead atoms. The number of ether oxygens (including phenoxy) is 7. The van der Waals surface area contributed by atoms with Crippen LogP contribution < -0.4 is 58.9 Å². The van der Waals surface area contributed by atoms with Crippen LogP contribution in [0.15, 0.2) is 91.0 Å². The van der Waals surface area contributed by atoms with Gasteiger partial charge in [-0.3, -0.25) is 14.4 Å². The molecule has 0 spiro atoms. The van der Waals surface area contributed by atoms with E-state index in [2.05, 4.69) is 22.0 Å². The minimum atomic E-state index is -0.792. The van der Waals surface area contributed by atoms with Crippen molar-refractivity contribution in [3.05, 3.63) is 108 Å². The molecule has 19 nitrogen and oxygen atoms in total. The SMILES string of the molecule is CCC(C)(C)O.CCOC(=O)Cl.CCOC(=O)OC[C@@H](C(=O)COC1CC2CCC(C1)N2C(=O)OCC)c1ccccc1.CN1C2CCC1CC(OCC(=O)[C@H](CO)c1ccccc1)C2.O=C(COC1CC2CCC(C1)N2)[C@H](CO)c1ccccc1.[I-].[Na+]. The summed E-state index contributed by atoms with van der Waals surface area (Å²) < 4.78 is 37.0. The normalized spacial score (nSPS) is 23.9. The molecule has 486 valence electrons. The fourth-order valence-electron chi connectivity index (χ4n) is 11.9. The van der Waals surface area contributed by atoms with E-state index in [0.29, 0.717) is 50.2 Å². The van der Waals surface area contributed by atoms with Crippen molar-refractivity contribution in [1.82, 2.24) is 15.1 Å². The summed E-state index contributed by atoms with van der Waals surface area (Å²) in [6, 6.07) is 30.6. The van der Waals surface area contributed by atoms with Crippen molar-refractivity contribution in [1.29, 1.82) is 0 Å². The van der Waals surface area contributed by atoms with Crippen LogP contribution in [-0.2, 0) is 47.5 Å². The first-order valence-electron chi connectivity index (χ1n) is 30.9. The first-order valence-corrected chi connectivity index (χ1v) is 31.3. The largest absolute Gasteiger partial charge is 1.00 e. The third-order valence-corrected chi connectivity index (χ3v) is 17.0. The number of piperidine rings is 3. The third-order valence-electron chi connectivity index (χ3n) is 16.9. The van der Waals surface area contributed by atoms with E-state index in [9.17, 15) is 39.0 Å². The fraction of sp³-hybridized carbons (Fsp3) is 0.636. The monoisotopic (exact) mass is 1370 g/mol. The maximum Gasteiger partial charge on any atom is 1.00 e. The summed E-state index contributed by atoms with van der Waals surface area (Å²) in [5, 5.41) is 31.4. The molecule has 9 atom stereocenters. The quantitative estimate of drug-likeness (QED) is 0.0346. The van der Waals surface area contributed by atoms with Crippen LogP contribution in [0.2, 0.25) is 0 Å². The van der Waals surface area contributed by atoms with E-state index in [1.54, 1.807) is 34.6 Å². The maximum atomic E-state index is 13.0. The number of hydrogen-bond acceptors (Lipinski definition) is 18. The number of nitrogens with one attached hydrogen (secondary N) is 1. The number of benzene rings is 3. The van der Waals surface area contributed by atoms with Crippen molar-refractivity contribution in [2.45, 2.75) is 203 Å². The van der Waals surface area contributed by atoms with E-state index in [1.165, 1.54) is 25.7 Å². The summed E-state index contributed by atoms with van der Waals surface area (Å²) in [5.41, 5.74) is 1.29. The number of aliphatic hydroxyl groups is 3. The van der Waals surface area contributed by atoms with E-state index in [1.807, 2.05) is 103 Å². The molecule has 9 rings (SSSR count). The van der Waals surface area contributed by atoms with Crippen LogP contribution >= 0.6 is 11.6 Å². The molecule has 0 radical (unpaired) electrons. The number of hydrogen-bond donors (Lipinski definition) is 4. The van der Waals surface area contributed by atoms with Crippen LogP contribution in [0.25, 0.3) is 0 Å². The van der Waals surface area contributed by atoms with Crippen molar-refractivity contribution < 1.29 is 131 Å². The van der Waals surface area contributed by atoms with Gasteiger partial charge in [0.1, 0.15) is 26.4 Å². The third kappa shape index (κ3) is 26.5. The van der Waals surface area contributed by atoms with Gasteiger partial charge < -0.3 is 87.6 Å². The Bertz CT molecular complexity index is 2470. The molecule has 0 saturated carbocycles. The summed E-state index contributed by atoms with van der Waals surface area (Å²) in [5.74, 6) is -1.78. The first-order chi connectivity index (χ1) is 41.3. The summed E-state index contributed by atoms with van der Waals surface area (Å²) in [6.07, 6.45) is 12.3. The molecule has 22 heteroatoms.